The molecule has 0 saturated carbocycles. The highest BCUT2D eigenvalue weighted by Crippen LogP contribution is 2.32. The molecule has 0 bridgehead atoms. The maximum absolute atomic E-state index is 13.2. The van der Waals surface area contributed by atoms with Gasteiger partial charge in [0.15, 0.2) is 0 Å². The Hall–Kier alpha value is -3.24. The Bertz CT molecular complexity index is 1300. The third-order valence-electron chi connectivity index (χ3n) is 7.38. The van der Waals surface area contributed by atoms with E-state index in [1.807, 2.05) is 24.3 Å². The van der Waals surface area contributed by atoms with Crippen molar-refractivity contribution in [1.29, 1.82) is 0 Å². The van der Waals surface area contributed by atoms with Gasteiger partial charge in [0.25, 0.3) is 5.91 Å². The molecule has 0 radical (unpaired) electrons. The summed E-state index contributed by atoms with van der Waals surface area (Å²) in [7, 11) is -3.91. The van der Waals surface area contributed by atoms with E-state index in [2.05, 4.69) is 21.9 Å². The summed E-state index contributed by atoms with van der Waals surface area (Å²) in [4.78, 5) is 40.5. The van der Waals surface area contributed by atoms with Gasteiger partial charge in [0, 0.05) is 49.4 Å². The predicted octanol–water partition coefficient (Wildman–Crippen LogP) is 2.16. The number of nitrogens with one attached hydrogen (secondary N) is 2. The lowest BCUT2D eigenvalue weighted by atomic mass is 9.99. The second-order valence-corrected chi connectivity index (χ2v) is 11.6. The summed E-state index contributed by atoms with van der Waals surface area (Å²) in [6, 6.07) is 11.7. The Labute approximate surface area is 210 Å². The fourth-order valence-electron chi connectivity index (χ4n) is 5.16. The molecule has 3 aliphatic heterocycles. The first-order chi connectivity index (χ1) is 17.2. The first-order valence-corrected chi connectivity index (χ1v) is 13.8. The van der Waals surface area contributed by atoms with Crippen LogP contribution >= 0.6 is 0 Å². The molecule has 2 aromatic rings. The van der Waals surface area contributed by atoms with Crippen LogP contribution in [-0.2, 0) is 32.7 Å². The van der Waals surface area contributed by atoms with E-state index in [0.717, 1.165) is 30.3 Å². The highest BCUT2D eigenvalue weighted by atomic mass is 32.2. The maximum atomic E-state index is 13.2. The summed E-state index contributed by atoms with van der Waals surface area (Å²) in [6.07, 6.45) is 2.70. The smallest absolute Gasteiger partial charge is 0.255 e. The Morgan fingerprint density at radius 1 is 1.00 bits per heavy atom. The third-order valence-corrected chi connectivity index (χ3v) is 8.87. The van der Waals surface area contributed by atoms with Crippen LogP contribution < -0.4 is 14.9 Å². The van der Waals surface area contributed by atoms with Crippen molar-refractivity contribution in [2.75, 3.05) is 18.0 Å². The van der Waals surface area contributed by atoms with Crippen LogP contribution in [-0.4, -0.2) is 50.2 Å². The van der Waals surface area contributed by atoms with Gasteiger partial charge in [0.2, 0.25) is 21.8 Å². The molecule has 0 spiro atoms. The largest absolute Gasteiger partial charge is 0.372 e. The molecule has 9 nitrogen and oxygen atoms in total. The summed E-state index contributed by atoms with van der Waals surface area (Å²) in [5, 5.41) is 2.26. The number of imide groups is 1. The molecule has 2 saturated heterocycles. The van der Waals surface area contributed by atoms with Gasteiger partial charge in [-0.15, -0.1) is 0 Å². The number of piperidine rings is 2. The van der Waals surface area contributed by atoms with Crippen molar-refractivity contribution in [3.63, 3.8) is 0 Å². The Kier molecular flexibility index (Phi) is 6.57. The van der Waals surface area contributed by atoms with E-state index < -0.39 is 27.9 Å². The SMILES string of the molecule is CC1CCN(c2ccc(CNS(=O)(=O)c3cccc4c3CN(C3CCC(=O)NC3=O)C4=O)cc2)CC1. The summed E-state index contributed by atoms with van der Waals surface area (Å²) < 4.78 is 29.1. The third kappa shape index (κ3) is 4.75. The van der Waals surface area contributed by atoms with Gasteiger partial charge < -0.3 is 9.80 Å². The van der Waals surface area contributed by atoms with E-state index >= 15 is 0 Å². The normalized spacial score (nSPS) is 21.0. The van der Waals surface area contributed by atoms with Gasteiger partial charge >= 0.3 is 0 Å². The average molecular weight is 511 g/mol. The van der Waals surface area contributed by atoms with E-state index in [4.69, 9.17) is 0 Å². The first kappa shape index (κ1) is 24.5. The fourth-order valence-corrected chi connectivity index (χ4v) is 6.43. The topological polar surface area (TPSA) is 116 Å². The molecule has 1 unspecified atom stereocenters. The van der Waals surface area contributed by atoms with Crippen molar-refractivity contribution in [2.45, 2.75) is 56.6 Å². The Morgan fingerprint density at radius 2 is 1.72 bits per heavy atom. The van der Waals surface area contributed by atoms with Crippen molar-refractivity contribution in [3.8, 4) is 0 Å². The van der Waals surface area contributed by atoms with Gasteiger partial charge in [-0.1, -0.05) is 25.1 Å². The van der Waals surface area contributed by atoms with Crippen LogP contribution in [0.15, 0.2) is 47.4 Å². The van der Waals surface area contributed by atoms with Crippen LogP contribution in [0.1, 0.15) is 54.1 Å². The number of nitrogens with zero attached hydrogens (tertiary/aromatic N) is 2. The molecule has 0 aromatic heterocycles. The molecule has 0 aliphatic carbocycles. The number of amides is 3. The first-order valence-electron chi connectivity index (χ1n) is 12.3. The van der Waals surface area contributed by atoms with E-state index in [1.54, 1.807) is 6.07 Å². The van der Waals surface area contributed by atoms with Gasteiger partial charge in [-0.25, -0.2) is 13.1 Å². The summed E-state index contributed by atoms with van der Waals surface area (Å²) in [5.74, 6) is -0.552. The van der Waals surface area contributed by atoms with E-state index in [9.17, 15) is 22.8 Å². The minimum atomic E-state index is -3.91. The number of benzene rings is 2. The van der Waals surface area contributed by atoms with Crippen LogP contribution in [0.4, 0.5) is 5.69 Å². The molecule has 3 heterocycles. The molecule has 10 heteroatoms. The summed E-state index contributed by atoms with van der Waals surface area (Å²) in [5.41, 5.74) is 2.61. The highest BCUT2D eigenvalue weighted by molar-refractivity contribution is 7.89. The molecule has 2 N–H and O–H groups in total. The van der Waals surface area contributed by atoms with Crippen LogP contribution in [0, 0.1) is 5.92 Å². The Morgan fingerprint density at radius 3 is 2.42 bits per heavy atom. The van der Waals surface area contributed by atoms with Crippen LogP contribution in [0.3, 0.4) is 0 Å². The summed E-state index contributed by atoms with van der Waals surface area (Å²) >= 11 is 0. The lowest BCUT2D eigenvalue weighted by molar-refractivity contribution is -0.136. The number of rotatable bonds is 6. The van der Waals surface area contributed by atoms with Crippen molar-refractivity contribution in [3.05, 3.63) is 59.2 Å². The van der Waals surface area contributed by atoms with E-state index in [1.165, 1.54) is 29.9 Å². The molecule has 5 rings (SSSR count). The average Bonchev–Trinajstić information content (AvgIpc) is 3.20. The number of hydrogen-bond acceptors (Lipinski definition) is 6. The molecule has 36 heavy (non-hydrogen) atoms. The molecule has 1 atom stereocenters. The number of sulfonamides is 1. The molecule has 2 aromatic carbocycles. The summed E-state index contributed by atoms with van der Waals surface area (Å²) in [6.45, 7) is 4.45. The molecule has 190 valence electrons. The van der Waals surface area contributed by atoms with Gasteiger partial charge in [0.05, 0.1) is 4.90 Å². The molecule has 2 fully saturated rings. The molecular weight excluding hydrogens is 480 g/mol. The molecular formula is C26H30N4O5S. The van der Waals surface area contributed by atoms with Gasteiger partial charge in [-0.05, 0) is 55.0 Å². The zero-order valence-electron chi connectivity index (χ0n) is 20.2. The predicted molar refractivity (Wildman–Crippen MR) is 134 cm³/mol. The molecule has 3 aliphatic rings. The second kappa shape index (κ2) is 9.67. The highest BCUT2D eigenvalue weighted by Gasteiger charge is 2.41. The van der Waals surface area contributed by atoms with Crippen molar-refractivity contribution in [1.82, 2.24) is 14.9 Å². The van der Waals surface area contributed by atoms with Crippen LogP contribution in [0.25, 0.3) is 0 Å². The minimum absolute atomic E-state index is 0.000671. The van der Waals surface area contributed by atoms with Crippen LogP contribution in [0.5, 0.6) is 0 Å². The number of anilines is 1. The minimum Gasteiger partial charge on any atom is -0.372 e. The quantitative estimate of drug-likeness (QED) is 0.576. The lowest BCUT2D eigenvalue weighted by Crippen LogP contribution is -2.52. The standard InChI is InChI=1S/C26H30N4O5S/c1-17-11-13-29(14-12-17)19-7-5-18(6-8-19)15-27-36(34,35)23-4-2-3-20-21(23)16-30(26(20)33)22-9-10-24(31)28-25(22)32/h2-8,17,22,27H,9-16H2,1H3,(H,28,31,32). The number of hydrogen-bond donors (Lipinski definition) is 2. The van der Waals surface area contributed by atoms with Crippen molar-refractivity contribution in [2.24, 2.45) is 5.92 Å². The van der Waals surface area contributed by atoms with Crippen molar-refractivity contribution < 1.29 is 22.8 Å². The second-order valence-electron chi connectivity index (χ2n) is 9.84. The van der Waals surface area contributed by atoms with Crippen LogP contribution in [0.2, 0.25) is 0 Å². The van der Waals surface area contributed by atoms with E-state index in [0.29, 0.717) is 5.56 Å². The zero-order chi connectivity index (χ0) is 25.4. The zero-order valence-corrected chi connectivity index (χ0v) is 21.0. The van der Waals surface area contributed by atoms with Gasteiger partial charge in [0.1, 0.15) is 6.04 Å². The van der Waals surface area contributed by atoms with Gasteiger partial charge in [-0.3, -0.25) is 19.7 Å². The lowest BCUT2D eigenvalue weighted by Gasteiger charge is -2.32. The monoisotopic (exact) mass is 510 g/mol. The molecule has 3 amide bonds. The van der Waals surface area contributed by atoms with Crippen molar-refractivity contribution >= 4 is 33.4 Å². The number of carbonyl (C=O) groups is 3. The fraction of sp³-hybridized carbons (Fsp3) is 0.423. The van der Waals surface area contributed by atoms with Gasteiger partial charge in [-0.2, -0.15) is 0 Å². The number of carbonyl (C=O) groups excluding carboxylic acids is 3. The number of fused-ring (bicyclic) bond motifs is 1. The Balaban J connectivity index is 1.28. The maximum Gasteiger partial charge on any atom is 0.255 e. The van der Waals surface area contributed by atoms with E-state index in [-0.39, 0.29) is 42.3 Å².